The van der Waals surface area contributed by atoms with Crippen molar-refractivity contribution in [1.29, 1.82) is 0 Å². The van der Waals surface area contributed by atoms with Crippen LogP contribution in [0.2, 0.25) is 0 Å². The molecule has 3 rings (SSSR count). The van der Waals surface area contributed by atoms with Crippen molar-refractivity contribution in [3.05, 3.63) is 83.7 Å². The zero-order valence-electron chi connectivity index (χ0n) is 17.9. The maximum atomic E-state index is 11.5. The Morgan fingerprint density at radius 1 is 1.12 bits per heavy atom. The first-order valence-corrected chi connectivity index (χ1v) is 11.9. The first-order valence-electron chi connectivity index (χ1n) is 10.0. The van der Waals surface area contributed by atoms with Crippen molar-refractivity contribution in [2.45, 2.75) is 18.6 Å². The number of rotatable bonds is 10. The van der Waals surface area contributed by atoms with Crippen molar-refractivity contribution in [1.82, 2.24) is 10.3 Å². The molecule has 0 spiro atoms. The zero-order chi connectivity index (χ0) is 23.1. The molecule has 0 bridgehead atoms. The maximum Gasteiger partial charge on any atom is 0.229 e. The minimum Gasteiger partial charge on any atom is -0.506 e. The van der Waals surface area contributed by atoms with E-state index in [1.807, 2.05) is 30.3 Å². The van der Waals surface area contributed by atoms with Crippen LogP contribution in [0.5, 0.6) is 11.5 Å². The Balaban J connectivity index is 1.80. The van der Waals surface area contributed by atoms with E-state index in [1.54, 1.807) is 31.6 Å². The number of aromatic hydroxyl groups is 1. The summed E-state index contributed by atoms with van der Waals surface area (Å²) in [5.74, 6) is 0.466. The number of nitrogens with one attached hydrogen (secondary N) is 2. The maximum absolute atomic E-state index is 11.5. The number of ether oxygens (including phenoxy) is 1. The van der Waals surface area contributed by atoms with Crippen molar-refractivity contribution < 1.29 is 23.4 Å². The minimum atomic E-state index is -3.57. The number of pyridine rings is 1. The van der Waals surface area contributed by atoms with Gasteiger partial charge in [-0.25, -0.2) is 8.42 Å². The Labute approximate surface area is 188 Å². The number of hydrogen-bond acceptors (Lipinski definition) is 7. The predicted octanol–water partition coefficient (Wildman–Crippen LogP) is 2.77. The van der Waals surface area contributed by atoms with Gasteiger partial charge in [-0.05, 0) is 35.7 Å². The Morgan fingerprint density at radius 2 is 1.88 bits per heavy atom. The second-order valence-corrected chi connectivity index (χ2v) is 9.18. The lowest BCUT2D eigenvalue weighted by Crippen LogP contribution is -2.28. The number of hydrogen-bond donors (Lipinski definition) is 4. The number of methoxy groups -OCH3 is 1. The third-order valence-corrected chi connectivity index (χ3v) is 5.54. The van der Waals surface area contributed by atoms with Crippen LogP contribution in [-0.2, 0) is 16.4 Å². The highest BCUT2D eigenvalue weighted by atomic mass is 32.2. The van der Waals surface area contributed by atoms with E-state index in [1.165, 1.54) is 12.1 Å². The fourth-order valence-corrected chi connectivity index (χ4v) is 3.96. The van der Waals surface area contributed by atoms with Gasteiger partial charge in [-0.1, -0.05) is 36.4 Å². The number of anilines is 1. The fourth-order valence-electron chi connectivity index (χ4n) is 3.40. The molecule has 0 saturated heterocycles. The van der Waals surface area contributed by atoms with Crippen molar-refractivity contribution in [2.75, 3.05) is 24.6 Å². The molecule has 9 heteroatoms. The molecule has 0 aliphatic heterocycles. The zero-order valence-corrected chi connectivity index (χ0v) is 18.7. The Bertz CT molecular complexity index is 1140. The summed E-state index contributed by atoms with van der Waals surface area (Å²) in [5.41, 5.74) is 2.43. The van der Waals surface area contributed by atoms with E-state index in [2.05, 4.69) is 15.0 Å². The van der Waals surface area contributed by atoms with E-state index < -0.39 is 16.1 Å². The molecule has 2 atom stereocenters. The Kier molecular flexibility index (Phi) is 7.68. The molecule has 3 aromatic rings. The van der Waals surface area contributed by atoms with Gasteiger partial charge in [0, 0.05) is 30.5 Å². The molecular weight excluding hydrogens is 430 g/mol. The average Bonchev–Trinajstić information content (AvgIpc) is 2.77. The molecule has 4 N–H and O–H groups in total. The van der Waals surface area contributed by atoms with Crippen LogP contribution in [0, 0.1) is 0 Å². The van der Waals surface area contributed by atoms with Gasteiger partial charge >= 0.3 is 0 Å². The molecule has 1 aromatic heterocycles. The molecule has 8 nitrogen and oxygen atoms in total. The summed E-state index contributed by atoms with van der Waals surface area (Å²) in [5, 5.41) is 24.0. The van der Waals surface area contributed by atoms with Crippen LogP contribution in [0.1, 0.15) is 28.8 Å². The van der Waals surface area contributed by atoms with E-state index in [4.69, 9.17) is 4.74 Å². The monoisotopic (exact) mass is 457 g/mol. The molecule has 0 unspecified atom stereocenters. The fraction of sp³-hybridized carbons (Fsp3) is 0.261. The molecule has 170 valence electrons. The molecule has 0 amide bonds. The minimum absolute atomic E-state index is 0.0128. The van der Waals surface area contributed by atoms with E-state index in [0.717, 1.165) is 17.4 Å². The van der Waals surface area contributed by atoms with Gasteiger partial charge in [0.2, 0.25) is 10.0 Å². The van der Waals surface area contributed by atoms with Crippen molar-refractivity contribution >= 4 is 15.7 Å². The van der Waals surface area contributed by atoms with E-state index in [0.29, 0.717) is 17.7 Å². The molecule has 0 fully saturated rings. The quantitative estimate of drug-likeness (QED) is 0.346. The molecule has 0 aliphatic rings. The molecular formula is C23H27N3O5S. The Morgan fingerprint density at radius 3 is 2.56 bits per heavy atom. The molecule has 32 heavy (non-hydrogen) atoms. The SMILES string of the molecule is COc1ccncc1[C@@H](Cc1ccccc1)NC[C@H](O)c1ccc(O)c(NS(C)(=O)=O)c1. The van der Waals surface area contributed by atoms with Gasteiger partial charge in [-0.2, -0.15) is 0 Å². The van der Waals surface area contributed by atoms with Gasteiger partial charge in [0.25, 0.3) is 0 Å². The number of sulfonamides is 1. The van der Waals surface area contributed by atoms with Gasteiger partial charge in [0.05, 0.1) is 25.2 Å². The van der Waals surface area contributed by atoms with Gasteiger partial charge in [-0.3, -0.25) is 9.71 Å². The topological polar surface area (TPSA) is 121 Å². The van der Waals surface area contributed by atoms with Crippen LogP contribution in [-0.4, -0.2) is 43.5 Å². The van der Waals surface area contributed by atoms with Crippen LogP contribution in [0.4, 0.5) is 5.69 Å². The summed E-state index contributed by atoms with van der Waals surface area (Å²) in [4.78, 5) is 4.22. The smallest absolute Gasteiger partial charge is 0.229 e. The highest BCUT2D eigenvalue weighted by molar-refractivity contribution is 7.92. The van der Waals surface area contributed by atoms with Crippen LogP contribution in [0.15, 0.2) is 67.0 Å². The van der Waals surface area contributed by atoms with Crippen LogP contribution >= 0.6 is 0 Å². The second-order valence-electron chi connectivity index (χ2n) is 7.43. The van der Waals surface area contributed by atoms with Crippen molar-refractivity contribution in [3.63, 3.8) is 0 Å². The summed E-state index contributed by atoms with van der Waals surface area (Å²) in [6, 6.07) is 15.8. The lowest BCUT2D eigenvalue weighted by molar-refractivity contribution is 0.169. The number of aromatic nitrogens is 1. The summed E-state index contributed by atoms with van der Waals surface area (Å²) in [6.45, 7) is 0.179. The van der Waals surface area contributed by atoms with Crippen molar-refractivity contribution in [2.24, 2.45) is 0 Å². The molecule has 0 radical (unpaired) electrons. The predicted molar refractivity (Wildman–Crippen MR) is 123 cm³/mol. The number of aliphatic hydroxyl groups excluding tert-OH is 1. The van der Waals surface area contributed by atoms with Gasteiger partial charge in [-0.15, -0.1) is 0 Å². The Hall–Kier alpha value is -3.14. The lowest BCUT2D eigenvalue weighted by Gasteiger charge is -2.23. The number of nitrogens with zero attached hydrogens (tertiary/aromatic N) is 1. The normalized spacial score (nSPS) is 13.3. The molecule has 0 saturated carbocycles. The standard InChI is InChI=1S/C23H27N3O5S/c1-31-23-10-11-24-14-18(23)19(12-16-6-4-3-5-7-16)25-15-22(28)17-8-9-21(27)20(13-17)26-32(2,29)30/h3-11,13-14,19,22,25-28H,12,15H2,1-2H3/t19-,22+/m1/s1. The molecule has 1 heterocycles. The van der Waals surface area contributed by atoms with Crippen LogP contribution in [0.25, 0.3) is 0 Å². The number of phenolic OH excluding ortho intramolecular Hbond substituents is 1. The van der Waals surface area contributed by atoms with Crippen molar-refractivity contribution in [3.8, 4) is 11.5 Å². The highest BCUT2D eigenvalue weighted by Crippen LogP contribution is 2.30. The summed E-state index contributed by atoms with van der Waals surface area (Å²) in [6.07, 6.45) is 4.08. The summed E-state index contributed by atoms with van der Waals surface area (Å²) < 4.78 is 30.8. The van der Waals surface area contributed by atoms with Crippen LogP contribution in [0.3, 0.4) is 0 Å². The summed E-state index contributed by atoms with van der Waals surface area (Å²) >= 11 is 0. The number of aliphatic hydroxyl groups is 1. The van der Waals surface area contributed by atoms with Gasteiger partial charge < -0.3 is 20.3 Å². The first kappa shape index (κ1) is 23.5. The van der Waals surface area contributed by atoms with E-state index in [-0.39, 0.29) is 24.0 Å². The van der Waals surface area contributed by atoms with Gasteiger partial charge in [0.1, 0.15) is 11.5 Å². The molecule has 2 aromatic carbocycles. The average molecular weight is 458 g/mol. The molecule has 0 aliphatic carbocycles. The van der Waals surface area contributed by atoms with E-state index in [9.17, 15) is 18.6 Å². The van der Waals surface area contributed by atoms with Gasteiger partial charge in [0.15, 0.2) is 0 Å². The largest absolute Gasteiger partial charge is 0.506 e. The van der Waals surface area contributed by atoms with Crippen LogP contribution < -0.4 is 14.8 Å². The summed E-state index contributed by atoms with van der Waals surface area (Å²) in [7, 11) is -1.98. The number of benzene rings is 2. The van der Waals surface area contributed by atoms with E-state index >= 15 is 0 Å². The number of phenols is 1. The third-order valence-electron chi connectivity index (χ3n) is 4.95. The second kappa shape index (κ2) is 10.4. The lowest BCUT2D eigenvalue weighted by atomic mass is 9.98. The third kappa shape index (κ3) is 6.43. The first-order chi connectivity index (χ1) is 15.3. The highest BCUT2D eigenvalue weighted by Gasteiger charge is 2.19.